The van der Waals surface area contributed by atoms with Crippen molar-refractivity contribution < 1.29 is 4.74 Å². The van der Waals surface area contributed by atoms with Crippen LogP contribution in [0.4, 0.5) is 5.69 Å². The van der Waals surface area contributed by atoms with Crippen LogP contribution in [0.1, 0.15) is 72.4 Å². The Hall–Kier alpha value is -4.76. The van der Waals surface area contributed by atoms with Gasteiger partial charge in [-0.25, -0.2) is 0 Å². The molecule has 2 aromatic carbocycles. The minimum Gasteiger partial charge on any atom is -0.480 e. The van der Waals surface area contributed by atoms with E-state index in [0.29, 0.717) is 16.5 Å². The summed E-state index contributed by atoms with van der Waals surface area (Å²) in [6.45, 7) is 15.8. The Kier molecular flexibility index (Phi) is 9.15. The lowest BCUT2D eigenvalue weighted by Crippen LogP contribution is -2.26. The zero-order chi connectivity index (χ0) is 34.1. The van der Waals surface area contributed by atoms with E-state index >= 15 is 0 Å². The van der Waals surface area contributed by atoms with Crippen LogP contribution in [-0.2, 0) is 16.7 Å². The van der Waals surface area contributed by atoms with Crippen molar-refractivity contribution in [2.45, 2.75) is 78.9 Å². The molecular formula is C41H41ClN4O. The summed E-state index contributed by atoms with van der Waals surface area (Å²) < 4.78 is 5.98. The van der Waals surface area contributed by atoms with Gasteiger partial charge in [-0.05, 0) is 72.4 Å². The van der Waals surface area contributed by atoms with E-state index in [0.717, 1.165) is 30.5 Å². The molecule has 0 bridgehead atoms. The van der Waals surface area contributed by atoms with Crippen LogP contribution in [0.15, 0.2) is 123 Å². The monoisotopic (exact) mass is 640 g/mol. The molecule has 5 nitrogen and oxygen atoms in total. The summed E-state index contributed by atoms with van der Waals surface area (Å²) in [5.41, 5.74) is 6.58. The highest BCUT2D eigenvalue weighted by molar-refractivity contribution is 6.32. The third kappa shape index (κ3) is 6.45. The van der Waals surface area contributed by atoms with Gasteiger partial charge in [0.15, 0.2) is 11.3 Å². The lowest BCUT2D eigenvalue weighted by atomic mass is 9.70. The summed E-state index contributed by atoms with van der Waals surface area (Å²) in [5, 5.41) is 29.7. The first-order chi connectivity index (χ1) is 22.2. The van der Waals surface area contributed by atoms with Crippen molar-refractivity contribution in [3.63, 3.8) is 0 Å². The maximum Gasteiger partial charge on any atom is 0.172 e. The molecule has 6 heteroatoms. The van der Waals surface area contributed by atoms with Crippen LogP contribution in [0.5, 0.6) is 0 Å². The molecule has 0 amide bonds. The maximum atomic E-state index is 10.0. The van der Waals surface area contributed by atoms with Crippen molar-refractivity contribution >= 4 is 17.3 Å². The van der Waals surface area contributed by atoms with E-state index in [-0.39, 0.29) is 27.7 Å². The number of benzene rings is 2. The third-order valence-electron chi connectivity index (χ3n) is 9.66. The number of halogens is 1. The number of para-hydroxylation sites is 1. The van der Waals surface area contributed by atoms with Crippen LogP contribution in [-0.4, -0.2) is 5.60 Å². The number of ether oxygens (including phenoxy) is 1. The van der Waals surface area contributed by atoms with E-state index in [9.17, 15) is 15.8 Å². The van der Waals surface area contributed by atoms with Gasteiger partial charge in [0.1, 0.15) is 29.4 Å². The number of hydrogen-bond acceptors (Lipinski definition) is 5. The molecule has 3 aliphatic rings. The summed E-state index contributed by atoms with van der Waals surface area (Å²) in [6, 6.07) is 25.1. The van der Waals surface area contributed by atoms with Crippen LogP contribution >= 0.6 is 11.6 Å². The van der Waals surface area contributed by atoms with Gasteiger partial charge in [0, 0.05) is 33.9 Å². The molecule has 1 atom stereocenters. The molecule has 238 valence electrons. The van der Waals surface area contributed by atoms with Gasteiger partial charge in [0.25, 0.3) is 0 Å². The second kappa shape index (κ2) is 12.8. The predicted molar refractivity (Wildman–Crippen MR) is 189 cm³/mol. The van der Waals surface area contributed by atoms with Gasteiger partial charge in [-0.2, -0.15) is 15.8 Å². The fraction of sp³-hybridized carbons (Fsp3) is 0.341. The van der Waals surface area contributed by atoms with E-state index in [1.54, 1.807) is 0 Å². The zero-order valence-corrected chi connectivity index (χ0v) is 29.0. The molecule has 0 saturated carbocycles. The summed E-state index contributed by atoms with van der Waals surface area (Å²) in [7, 11) is 0. The highest BCUT2D eigenvalue weighted by atomic mass is 35.5. The van der Waals surface area contributed by atoms with Gasteiger partial charge in [0.2, 0.25) is 0 Å². The Morgan fingerprint density at radius 2 is 1.60 bits per heavy atom. The van der Waals surface area contributed by atoms with Crippen molar-refractivity contribution in [1.29, 1.82) is 15.8 Å². The van der Waals surface area contributed by atoms with Crippen molar-refractivity contribution in [3.05, 3.63) is 134 Å². The topological polar surface area (TPSA) is 83.8 Å². The molecule has 47 heavy (non-hydrogen) atoms. The first kappa shape index (κ1) is 33.6. The van der Waals surface area contributed by atoms with Gasteiger partial charge in [-0.1, -0.05) is 113 Å². The lowest BCUT2D eigenvalue weighted by Gasteiger charge is -2.36. The van der Waals surface area contributed by atoms with Gasteiger partial charge in [-0.15, -0.1) is 0 Å². The minimum absolute atomic E-state index is 0.0301. The van der Waals surface area contributed by atoms with Crippen molar-refractivity contribution in [2.24, 2.45) is 11.3 Å². The Morgan fingerprint density at radius 3 is 2.23 bits per heavy atom. The fourth-order valence-electron chi connectivity index (χ4n) is 6.81. The number of nitrogens with zero attached hydrogens (tertiary/aromatic N) is 4. The highest BCUT2D eigenvalue weighted by Gasteiger charge is 2.41. The van der Waals surface area contributed by atoms with Crippen LogP contribution < -0.4 is 4.90 Å². The Morgan fingerprint density at radius 1 is 0.936 bits per heavy atom. The van der Waals surface area contributed by atoms with E-state index < -0.39 is 5.60 Å². The molecule has 0 aromatic heterocycles. The predicted octanol–water partition coefficient (Wildman–Crippen LogP) is 10.2. The van der Waals surface area contributed by atoms with E-state index in [1.807, 2.05) is 44.2 Å². The first-order valence-corrected chi connectivity index (χ1v) is 16.4. The van der Waals surface area contributed by atoms with E-state index in [4.69, 9.17) is 16.3 Å². The molecule has 0 saturated heterocycles. The van der Waals surface area contributed by atoms with Gasteiger partial charge >= 0.3 is 0 Å². The van der Waals surface area contributed by atoms with Crippen LogP contribution in [0.3, 0.4) is 0 Å². The number of allylic oxidation sites excluding steroid dienone is 9. The van der Waals surface area contributed by atoms with Crippen molar-refractivity contribution in [3.8, 4) is 18.2 Å². The normalized spacial score (nSPS) is 21.9. The molecule has 0 N–H and O–H groups in total. The molecule has 0 radical (unpaired) electrons. The Balaban J connectivity index is 1.60. The highest BCUT2D eigenvalue weighted by Crippen LogP contribution is 2.49. The number of nitriles is 3. The molecular weight excluding hydrogens is 600 g/mol. The second-order valence-corrected chi connectivity index (χ2v) is 14.9. The lowest BCUT2D eigenvalue weighted by molar-refractivity contribution is 0.0954. The van der Waals surface area contributed by atoms with Gasteiger partial charge in [-0.3, -0.25) is 0 Å². The molecule has 1 aliphatic carbocycles. The number of rotatable bonds is 5. The van der Waals surface area contributed by atoms with Crippen LogP contribution in [0.2, 0.25) is 0 Å². The third-order valence-corrected chi connectivity index (χ3v) is 10.1. The van der Waals surface area contributed by atoms with Crippen LogP contribution in [0.25, 0.3) is 0 Å². The number of anilines is 1. The van der Waals surface area contributed by atoms with Crippen molar-refractivity contribution in [1.82, 2.24) is 0 Å². The molecule has 0 fully saturated rings. The first-order valence-electron chi connectivity index (χ1n) is 16.0. The molecule has 0 spiro atoms. The molecule has 5 rings (SSSR count). The quantitative estimate of drug-likeness (QED) is 0.304. The fourth-order valence-corrected chi connectivity index (χ4v) is 7.09. The zero-order valence-electron chi connectivity index (χ0n) is 28.3. The molecule has 2 aromatic rings. The van der Waals surface area contributed by atoms with E-state index in [1.165, 1.54) is 22.5 Å². The average Bonchev–Trinajstić information content (AvgIpc) is 3.41. The average molecular weight is 641 g/mol. The Bertz CT molecular complexity index is 1890. The Labute approximate surface area is 284 Å². The number of hydrogen-bond donors (Lipinski definition) is 0. The SMILES string of the molecule is CC1(C)OC(=C(C#N)C#N)C(C#N)=C1/C=C/C1=C(Cl)C(=C/C=C2/N(Cc3ccccc3)c3ccccc3C2(C)C)/CC(C(C)(C)C)C1. The van der Waals surface area contributed by atoms with Gasteiger partial charge in [0.05, 0.1) is 0 Å². The summed E-state index contributed by atoms with van der Waals surface area (Å²) in [5.74, 6) is 0.367. The largest absolute Gasteiger partial charge is 0.480 e. The van der Waals surface area contributed by atoms with Gasteiger partial charge < -0.3 is 9.64 Å². The van der Waals surface area contributed by atoms with Crippen LogP contribution in [0, 0.1) is 45.3 Å². The summed E-state index contributed by atoms with van der Waals surface area (Å²) >= 11 is 7.24. The molecule has 2 aliphatic heterocycles. The number of fused-ring (bicyclic) bond motifs is 1. The standard InChI is InChI=1S/C41H41ClN4O/c1-39(2,3)31-21-28(17-19-33-32(25-45)38(30(23-43)24-44)47-41(33,6)7)37(42)29(22-31)18-20-36-40(4,5)34-15-11-12-16-35(34)46(36)26-27-13-9-8-10-14-27/h8-20,31H,21-22,26H2,1-7H3/b19-17+,29-18+,36-20+. The maximum absolute atomic E-state index is 10.0. The smallest absolute Gasteiger partial charge is 0.172 e. The van der Waals surface area contributed by atoms with E-state index in [2.05, 4.69) is 106 Å². The molecule has 1 unspecified atom stereocenters. The minimum atomic E-state index is -0.894. The van der Waals surface area contributed by atoms with Crippen molar-refractivity contribution in [2.75, 3.05) is 4.90 Å². The molecule has 2 heterocycles. The second-order valence-electron chi connectivity index (χ2n) is 14.5. The summed E-state index contributed by atoms with van der Waals surface area (Å²) in [4.78, 5) is 2.42. The summed E-state index contributed by atoms with van der Waals surface area (Å²) in [6.07, 6.45) is 9.93.